The number of alkyl halides is 3. The summed E-state index contributed by atoms with van der Waals surface area (Å²) in [7, 11) is 0. The van der Waals surface area contributed by atoms with Crippen molar-refractivity contribution in [1.29, 1.82) is 0 Å². The minimum absolute atomic E-state index is 0.398. The largest absolute Gasteiger partial charge is 0.490 e. The zero-order valence-corrected chi connectivity index (χ0v) is 13.9. The van der Waals surface area contributed by atoms with Crippen LogP contribution in [0.15, 0.2) is 24.4 Å². The molecule has 1 atom stereocenters. The van der Waals surface area contributed by atoms with Gasteiger partial charge in [-0.2, -0.15) is 18.3 Å². The molecular formula is C16H20F3N3O3. The third-order valence-electron chi connectivity index (χ3n) is 3.52. The monoisotopic (exact) mass is 359 g/mol. The molecule has 0 saturated heterocycles. The molecule has 1 unspecified atom stereocenters. The molecule has 1 aromatic carbocycles. The molecule has 3 N–H and O–H groups in total. The number of nitrogens with two attached hydrogens (primary N) is 1. The van der Waals surface area contributed by atoms with Crippen LogP contribution in [-0.2, 0) is 4.79 Å². The number of hydrogen-bond donors (Lipinski definition) is 2. The number of hydrogen-bond acceptors (Lipinski definition) is 3. The van der Waals surface area contributed by atoms with Crippen molar-refractivity contribution in [2.45, 2.75) is 45.3 Å². The van der Waals surface area contributed by atoms with Gasteiger partial charge in [-0.05, 0) is 31.0 Å². The number of amides is 1. The lowest BCUT2D eigenvalue weighted by Gasteiger charge is -2.13. The fourth-order valence-electron chi connectivity index (χ4n) is 2.24. The van der Waals surface area contributed by atoms with Gasteiger partial charge in [0, 0.05) is 17.1 Å². The van der Waals surface area contributed by atoms with Gasteiger partial charge in [0.05, 0.1) is 11.6 Å². The van der Waals surface area contributed by atoms with Gasteiger partial charge in [0.15, 0.2) is 0 Å². The van der Waals surface area contributed by atoms with Crippen molar-refractivity contribution in [3.63, 3.8) is 0 Å². The zero-order valence-electron chi connectivity index (χ0n) is 13.9. The first-order valence-electron chi connectivity index (χ1n) is 7.68. The number of aliphatic carboxylic acids is 1. The van der Waals surface area contributed by atoms with E-state index in [1.807, 2.05) is 16.9 Å². The smallest absolute Gasteiger partial charge is 0.475 e. The highest BCUT2D eigenvalue weighted by atomic mass is 19.4. The quantitative estimate of drug-likeness (QED) is 0.853. The van der Waals surface area contributed by atoms with Gasteiger partial charge >= 0.3 is 12.1 Å². The van der Waals surface area contributed by atoms with E-state index in [-0.39, 0.29) is 0 Å². The second-order valence-electron chi connectivity index (χ2n) is 5.40. The lowest BCUT2D eigenvalue weighted by Crippen LogP contribution is -2.21. The van der Waals surface area contributed by atoms with Crippen LogP contribution in [0.25, 0.3) is 10.9 Å². The van der Waals surface area contributed by atoms with Crippen LogP contribution in [0.2, 0.25) is 0 Å². The summed E-state index contributed by atoms with van der Waals surface area (Å²) >= 11 is 0. The third kappa shape index (κ3) is 5.77. The van der Waals surface area contributed by atoms with Gasteiger partial charge in [-0.25, -0.2) is 4.79 Å². The lowest BCUT2D eigenvalue weighted by molar-refractivity contribution is -0.192. The maximum atomic E-state index is 11.1. The van der Waals surface area contributed by atoms with Crippen LogP contribution >= 0.6 is 0 Å². The van der Waals surface area contributed by atoms with E-state index in [0.29, 0.717) is 11.6 Å². The van der Waals surface area contributed by atoms with Gasteiger partial charge in [-0.15, -0.1) is 0 Å². The molecule has 0 radical (unpaired) electrons. The Balaban J connectivity index is 0.000000381. The van der Waals surface area contributed by atoms with E-state index in [1.54, 1.807) is 12.1 Å². The molecule has 6 nitrogen and oxygen atoms in total. The Labute approximate surface area is 142 Å². The number of benzene rings is 1. The van der Waals surface area contributed by atoms with E-state index < -0.39 is 18.1 Å². The van der Waals surface area contributed by atoms with Crippen LogP contribution in [0, 0.1) is 0 Å². The van der Waals surface area contributed by atoms with Crippen molar-refractivity contribution >= 4 is 22.8 Å². The minimum Gasteiger partial charge on any atom is -0.475 e. The Hall–Kier alpha value is -2.58. The van der Waals surface area contributed by atoms with E-state index in [2.05, 4.69) is 18.9 Å². The zero-order chi connectivity index (χ0) is 19.2. The van der Waals surface area contributed by atoms with Crippen LogP contribution in [0.4, 0.5) is 13.2 Å². The summed E-state index contributed by atoms with van der Waals surface area (Å²) in [6.07, 6.45) is 0.241. The highest BCUT2D eigenvalue weighted by Gasteiger charge is 2.38. The van der Waals surface area contributed by atoms with Crippen molar-refractivity contribution in [3.05, 3.63) is 30.0 Å². The topological polar surface area (TPSA) is 98.2 Å². The van der Waals surface area contributed by atoms with Gasteiger partial charge in [0.25, 0.3) is 0 Å². The number of halogens is 3. The first-order valence-corrected chi connectivity index (χ1v) is 7.68. The molecule has 25 heavy (non-hydrogen) atoms. The molecule has 0 saturated carbocycles. The Kier molecular flexibility index (Phi) is 6.96. The Morgan fingerprint density at radius 1 is 1.32 bits per heavy atom. The predicted molar refractivity (Wildman–Crippen MR) is 86.2 cm³/mol. The lowest BCUT2D eigenvalue weighted by atomic mass is 10.1. The van der Waals surface area contributed by atoms with Gasteiger partial charge in [0.1, 0.15) is 0 Å². The first kappa shape index (κ1) is 20.5. The van der Waals surface area contributed by atoms with Gasteiger partial charge in [-0.3, -0.25) is 9.48 Å². The molecule has 9 heteroatoms. The van der Waals surface area contributed by atoms with Crippen molar-refractivity contribution < 1.29 is 27.9 Å². The Morgan fingerprint density at radius 2 is 1.92 bits per heavy atom. The fourth-order valence-corrected chi connectivity index (χ4v) is 2.24. The number of aromatic nitrogens is 2. The standard InChI is InChI=1S/C14H19N3O.C2HF3O2/c1-3-5-12(4-2)17-9-11-8-10(14(15)18)6-7-13(11)16-17;3-2(4,5)1(6)7/h6-9,12H,3-5H2,1-2H3,(H2,15,18);(H,6,7). The number of primary amides is 1. The summed E-state index contributed by atoms with van der Waals surface area (Å²) < 4.78 is 33.7. The number of carbonyl (C=O) groups is 2. The molecule has 0 aliphatic rings. The average molecular weight is 359 g/mol. The van der Waals surface area contributed by atoms with Crippen LogP contribution in [0.3, 0.4) is 0 Å². The molecule has 138 valence electrons. The van der Waals surface area contributed by atoms with Crippen molar-refractivity contribution in [1.82, 2.24) is 9.78 Å². The van der Waals surface area contributed by atoms with Gasteiger partial charge in [0.2, 0.25) is 5.91 Å². The number of carbonyl (C=O) groups excluding carboxylic acids is 1. The van der Waals surface area contributed by atoms with Crippen LogP contribution in [0.5, 0.6) is 0 Å². The summed E-state index contributed by atoms with van der Waals surface area (Å²) in [5.74, 6) is -3.15. The maximum Gasteiger partial charge on any atom is 0.490 e. The van der Waals surface area contributed by atoms with E-state index in [1.165, 1.54) is 0 Å². The molecular weight excluding hydrogens is 339 g/mol. The molecule has 1 aromatic heterocycles. The fraction of sp³-hybridized carbons (Fsp3) is 0.438. The molecule has 1 heterocycles. The molecule has 2 rings (SSSR count). The number of nitrogens with zero attached hydrogens (tertiary/aromatic N) is 2. The third-order valence-corrected chi connectivity index (χ3v) is 3.52. The van der Waals surface area contributed by atoms with Crippen LogP contribution in [0.1, 0.15) is 49.5 Å². The van der Waals surface area contributed by atoms with Crippen molar-refractivity contribution in [2.24, 2.45) is 5.73 Å². The second-order valence-corrected chi connectivity index (χ2v) is 5.40. The van der Waals surface area contributed by atoms with Crippen molar-refractivity contribution in [2.75, 3.05) is 0 Å². The first-order chi connectivity index (χ1) is 11.6. The maximum absolute atomic E-state index is 11.1. The highest BCUT2D eigenvalue weighted by molar-refractivity contribution is 5.96. The molecule has 0 fully saturated rings. The van der Waals surface area contributed by atoms with Gasteiger partial charge in [-0.1, -0.05) is 20.3 Å². The summed E-state index contributed by atoms with van der Waals surface area (Å²) in [5, 5.41) is 12.7. The molecule has 2 aromatic rings. The van der Waals surface area contributed by atoms with Crippen LogP contribution < -0.4 is 5.73 Å². The number of fused-ring (bicyclic) bond motifs is 1. The summed E-state index contributed by atoms with van der Waals surface area (Å²) in [5.41, 5.74) is 6.72. The Bertz CT molecular complexity index is 741. The molecule has 0 bridgehead atoms. The van der Waals surface area contributed by atoms with E-state index in [9.17, 15) is 18.0 Å². The van der Waals surface area contributed by atoms with Gasteiger partial charge < -0.3 is 10.8 Å². The summed E-state index contributed by atoms with van der Waals surface area (Å²) in [4.78, 5) is 20.0. The minimum atomic E-state index is -5.08. The number of carboxylic acid groups (broad SMARTS) is 1. The summed E-state index contributed by atoms with van der Waals surface area (Å²) in [6.45, 7) is 4.35. The highest BCUT2D eigenvalue weighted by Crippen LogP contribution is 2.21. The number of carboxylic acids is 1. The normalized spacial score (nSPS) is 12.4. The molecule has 0 spiro atoms. The van der Waals surface area contributed by atoms with E-state index >= 15 is 0 Å². The van der Waals surface area contributed by atoms with Crippen LogP contribution in [-0.4, -0.2) is 32.9 Å². The Morgan fingerprint density at radius 3 is 2.36 bits per heavy atom. The SMILES string of the molecule is CCCC(CC)n1cc2cc(C(N)=O)ccc2n1.O=C(O)C(F)(F)F. The number of rotatable bonds is 5. The second kappa shape index (κ2) is 8.50. The average Bonchev–Trinajstić information content (AvgIpc) is 2.94. The van der Waals surface area contributed by atoms with E-state index in [4.69, 9.17) is 15.6 Å². The molecule has 0 aliphatic heterocycles. The van der Waals surface area contributed by atoms with E-state index in [0.717, 1.165) is 30.2 Å². The molecule has 1 amide bonds. The molecule has 0 aliphatic carbocycles. The predicted octanol–water partition coefficient (Wildman–Crippen LogP) is 3.52. The summed E-state index contributed by atoms with van der Waals surface area (Å²) in [6, 6.07) is 5.81. The van der Waals surface area contributed by atoms with Crippen molar-refractivity contribution in [3.8, 4) is 0 Å².